The quantitative estimate of drug-likeness (QED) is 0.648. The molecular formula is C16H26N2O2S. The van der Waals surface area contributed by atoms with E-state index in [0.717, 1.165) is 11.5 Å². The highest BCUT2D eigenvalue weighted by molar-refractivity contribution is 7.90. The maximum Gasteiger partial charge on any atom is 0.175 e. The molecule has 1 unspecified atom stereocenters. The summed E-state index contributed by atoms with van der Waals surface area (Å²) in [7, 11) is -3.14. The predicted molar refractivity (Wildman–Crippen MR) is 85.4 cm³/mol. The van der Waals surface area contributed by atoms with Gasteiger partial charge in [-0.25, -0.2) is 8.42 Å². The monoisotopic (exact) mass is 310 g/mol. The second kappa shape index (κ2) is 6.90. The van der Waals surface area contributed by atoms with Crippen LogP contribution < -0.4 is 11.3 Å². The van der Waals surface area contributed by atoms with Crippen LogP contribution in [-0.2, 0) is 9.84 Å². The van der Waals surface area contributed by atoms with Crippen LogP contribution in [0.5, 0.6) is 0 Å². The SMILES string of the molecule is CCC1CCC(C(NN)c2ccc(S(C)(=O)=O)cc2)CC1. The summed E-state index contributed by atoms with van der Waals surface area (Å²) in [6.07, 6.45) is 7.38. The summed E-state index contributed by atoms with van der Waals surface area (Å²) in [4.78, 5) is 0.358. The van der Waals surface area contributed by atoms with Crippen LogP contribution in [0.15, 0.2) is 29.2 Å². The van der Waals surface area contributed by atoms with Crippen molar-refractivity contribution in [2.45, 2.75) is 50.0 Å². The summed E-state index contributed by atoms with van der Waals surface area (Å²) in [5.74, 6) is 7.14. The predicted octanol–water partition coefficient (Wildman–Crippen LogP) is 2.81. The van der Waals surface area contributed by atoms with Gasteiger partial charge in [-0.05, 0) is 42.4 Å². The first-order valence-electron chi connectivity index (χ1n) is 7.71. The number of hydrogen-bond donors (Lipinski definition) is 2. The van der Waals surface area contributed by atoms with Crippen molar-refractivity contribution in [3.05, 3.63) is 29.8 Å². The Morgan fingerprint density at radius 1 is 1.19 bits per heavy atom. The lowest BCUT2D eigenvalue weighted by Crippen LogP contribution is -2.35. The van der Waals surface area contributed by atoms with E-state index in [1.54, 1.807) is 12.1 Å². The minimum absolute atomic E-state index is 0.108. The topological polar surface area (TPSA) is 72.2 Å². The molecule has 0 aromatic heterocycles. The van der Waals surface area contributed by atoms with Crippen molar-refractivity contribution in [1.29, 1.82) is 0 Å². The molecule has 0 bridgehead atoms. The summed E-state index contributed by atoms with van der Waals surface area (Å²) in [6, 6.07) is 7.22. The lowest BCUT2D eigenvalue weighted by atomic mass is 9.76. The summed E-state index contributed by atoms with van der Waals surface area (Å²) in [5.41, 5.74) is 4.00. The molecule has 3 N–H and O–H groups in total. The molecule has 0 radical (unpaired) electrons. The molecule has 1 aliphatic rings. The molecule has 1 atom stereocenters. The standard InChI is InChI=1S/C16H26N2O2S/c1-3-12-4-6-13(7-5-12)16(18-17)14-8-10-15(11-9-14)21(2,19)20/h8-13,16,18H,3-7,17H2,1-2H3. The van der Waals surface area contributed by atoms with Gasteiger partial charge in [0.2, 0.25) is 0 Å². The second-order valence-electron chi connectivity index (χ2n) is 6.17. The van der Waals surface area contributed by atoms with Gasteiger partial charge in [-0.15, -0.1) is 0 Å². The molecule has 0 spiro atoms. The van der Waals surface area contributed by atoms with Crippen LogP contribution in [0, 0.1) is 11.8 Å². The molecule has 0 saturated heterocycles. The van der Waals surface area contributed by atoms with Crippen molar-refractivity contribution >= 4 is 9.84 Å². The summed E-state index contributed by atoms with van der Waals surface area (Å²) in [6.45, 7) is 2.26. The lowest BCUT2D eigenvalue weighted by molar-refractivity contribution is 0.219. The zero-order valence-corrected chi connectivity index (χ0v) is 13.7. The number of hydrogen-bond acceptors (Lipinski definition) is 4. The van der Waals surface area contributed by atoms with E-state index >= 15 is 0 Å². The molecule has 1 aromatic carbocycles. The summed E-state index contributed by atoms with van der Waals surface area (Å²) >= 11 is 0. The Labute approximate surface area is 128 Å². The molecule has 21 heavy (non-hydrogen) atoms. The molecule has 118 valence electrons. The van der Waals surface area contributed by atoms with Crippen LogP contribution in [0.25, 0.3) is 0 Å². The lowest BCUT2D eigenvalue weighted by Gasteiger charge is -2.33. The molecule has 0 heterocycles. The van der Waals surface area contributed by atoms with Gasteiger partial charge in [-0.1, -0.05) is 38.3 Å². The Bertz CT molecular complexity index is 546. The highest BCUT2D eigenvalue weighted by atomic mass is 32.2. The van der Waals surface area contributed by atoms with Crippen molar-refractivity contribution < 1.29 is 8.42 Å². The summed E-state index contributed by atoms with van der Waals surface area (Å²) in [5, 5.41) is 0. The van der Waals surface area contributed by atoms with Gasteiger partial charge in [0.25, 0.3) is 0 Å². The molecule has 4 nitrogen and oxygen atoms in total. The highest BCUT2D eigenvalue weighted by Gasteiger charge is 2.27. The normalized spacial score (nSPS) is 24.7. The van der Waals surface area contributed by atoms with Crippen LogP contribution in [-0.4, -0.2) is 14.7 Å². The van der Waals surface area contributed by atoms with E-state index in [2.05, 4.69) is 12.3 Å². The van der Waals surface area contributed by atoms with Gasteiger partial charge in [-0.2, -0.15) is 0 Å². The van der Waals surface area contributed by atoms with Crippen molar-refractivity contribution in [1.82, 2.24) is 5.43 Å². The molecular weight excluding hydrogens is 284 g/mol. The van der Waals surface area contributed by atoms with Gasteiger partial charge in [0, 0.05) is 12.3 Å². The molecule has 1 aliphatic carbocycles. The number of rotatable bonds is 5. The largest absolute Gasteiger partial charge is 0.271 e. The van der Waals surface area contributed by atoms with E-state index in [9.17, 15) is 8.42 Å². The van der Waals surface area contributed by atoms with Crippen LogP contribution in [0.2, 0.25) is 0 Å². The van der Waals surface area contributed by atoms with Gasteiger partial charge < -0.3 is 0 Å². The molecule has 2 rings (SSSR count). The average molecular weight is 310 g/mol. The first kappa shape index (κ1) is 16.5. The average Bonchev–Trinajstić information content (AvgIpc) is 2.48. The Kier molecular flexibility index (Phi) is 5.41. The third kappa shape index (κ3) is 4.05. The van der Waals surface area contributed by atoms with Gasteiger partial charge in [0.1, 0.15) is 0 Å². The van der Waals surface area contributed by atoms with Gasteiger partial charge >= 0.3 is 0 Å². The third-order valence-electron chi connectivity index (χ3n) is 4.79. The fraction of sp³-hybridized carbons (Fsp3) is 0.625. The molecule has 0 amide bonds. The summed E-state index contributed by atoms with van der Waals surface area (Å²) < 4.78 is 23.0. The number of benzene rings is 1. The van der Waals surface area contributed by atoms with Crippen molar-refractivity contribution in [3.8, 4) is 0 Å². The first-order chi connectivity index (χ1) is 9.95. The second-order valence-corrected chi connectivity index (χ2v) is 8.19. The minimum Gasteiger partial charge on any atom is -0.271 e. The zero-order valence-electron chi connectivity index (χ0n) is 12.9. The van der Waals surface area contributed by atoms with Crippen molar-refractivity contribution in [2.24, 2.45) is 17.7 Å². The molecule has 0 aliphatic heterocycles. The van der Waals surface area contributed by atoms with E-state index in [1.807, 2.05) is 12.1 Å². The maximum atomic E-state index is 11.5. The molecule has 1 saturated carbocycles. The Hall–Kier alpha value is -0.910. The molecule has 1 aromatic rings. The zero-order chi connectivity index (χ0) is 15.5. The Morgan fingerprint density at radius 3 is 2.19 bits per heavy atom. The first-order valence-corrected chi connectivity index (χ1v) is 9.61. The smallest absolute Gasteiger partial charge is 0.175 e. The van der Waals surface area contributed by atoms with Crippen molar-refractivity contribution in [3.63, 3.8) is 0 Å². The van der Waals surface area contributed by atoms with E-state index in [-0.39, 0.29) is 6.04 Å². The van der Waals surface area contributed by atoms with Gasteiger partial charge in [0.15, 0.2) is 9.84 Å². The highest BCUT2D eigenvalue weighted by Crippen LogP contribution is 2.37. The van der Waals surface area contributed by atoms with Crippen molar-refractivity contribution in [2.75, 3.05) is 6.26 Å². The maximum absolute atomic E-state index is 11.5. The van der Waals surface area contributed by atoms with Crippen LogP contribution in [0.3, 0.4) is 0 Å². The fourth-order valence-corrected chi connectivity index (χ4v) is 3.99. The van der Waals surface area contributed by atoms with E-state index in [4.69, 9.17) is 5.84 Å². The minimum atomic E-state index is -3.14. The molecule has 1 fully saturated rings. The fourth-order valence-electron chi connectivity index (χ4n) is 3.36. The Balaban J connectivity index is 2.11. The number of nitrogens with one attached hydrogen (secondary N) is 1. The third-order valence-corrected chi connectivity index (χ3v) is 5.92. The Morgan fingerprint density at radius 2 is 1.76 bits per heavy atom. The van der Waals surface area contributed by atoms with Crippen LogP contribution >= 0.6 is 0 Å². The van der Waals surface area contributed by atoms with Crippen LogP contribution in [0.4, 0.5) is 0 Å². The van der Waals surface area contributed by atoms with E-state index < -0.39 is 9.84 Å². The van der Waals surface area contributed by atoms with E-state index in [1.165, 1.54) is 38.4 Å². The number of nitrogens with two attached hydrogens (primary N) is 1. The van der Waals surface area contributed by atoms with E-state index in [0.29, 0.717) is 10.8 Å². The van der Waals surface area contributed by atoms with Gasteiger partial charge in [0.05, 0.1) is 4.90 Å². The molecule has 5 heteroatoms. The van der Waals surface area contributed by atoms with Gasteiger partial charge in [-0.3, -0.25) is 11.3 Å². The van der Waals surface area contributed by atoms with Crippen LogP contribution in [0.1, 0.15) is 50.6 Å². The number of hydrazine groups is 1. The number of sulfone groups is 1.